The van der Waals surface area contributed by atoms with Crippen molar-refractivity contribution in [2.75, 3.05) is 6.79 Å². The Kier molecular flexibility index (Phi) is 4.17. The smallest absolute Gasteiger partial charge is 0.231 e. The standard InChI is InChI=1S/C15H17BrN2O3/c1-3-11-15(16)12(18(2)17-11)8-19-7-10-4-5-13-14(6-10)21-9-20-13/h4-6H,3,7-9H2,1-2H3. The summed E-state index contributed by atoms with van der Waals surface area (Å²) in [7, 11) is 1.93. The summed E-state index contributed by atoms with van der Waals surface area (Å²) in [5.41, 5.74) is 3.17. The predicted molar refractivity (Wildman–Crippen MR) is 81.3 cm³/mol. The SMILES string of the molecule is CCc1nn(C)c(COCc2ccc3c(c2)OCO3)c1Br. The molecule has 5 nitrogen and oxygen atoms in total. The zero-order chi connectivity index (χ0) is 14.8. The van der Waals surface area contributed by atoms with Crippen molar-refractivity contribution in [2.24, 2.45) is 7.05 Å². The van der Waals surface area contributed by atoms with E-state index in [0.29, 0.717) is 20.0 Å². The van der Waals surface area contributed by atoms with Crippen LogP contribution in [-0.2, 0) is 31.4 Å². The Balaban J connectivity index is 1.63. The molecule has 0 radical (unpaired) electrons. The fraction of sp³-hybridized carbons (Fsp3) is 0.400. The van der Waals surface area contributed by atoms with Gasteiger partial charge in [0.25, 0.3) is 0 Å². The summed E-state index contributed by atoms with van der Waals surface area (Å²) in [4.78, 5) is 0. The number of hydrogen-bond acceptors (Lipinski definition) is 4. The van der Waals surface area contributed by atoms with Gasteiger partial charge in [-0.3, -0.25) is 4.68 Å². The average molecular weight is 353 g/mol. The lowest BCUT2D eigenvalue weighted by molar-refractivity contribution is 0.101. The lowest BCUT2D eigenvalue weighted by atomic mass is 10.2. The summed E-state index contributed by atoms with van der Waals surface area (Å²) in [5, 5.41) is 4.45. The number of hydrogen-bond donors (Lipinski definition) is 0. The molecule has 1 aromatic heterocycles. The third kappa shape index (κ3) is 2.91. The first-order chi connectivity index (χ1) is 10.2. The van der Waals surface area contributed by atoms with E-state index in [1.807, 2.05) is 29.9 Å². The van der Waals surface area contributed by atoms with Gasteiger partial charge in [0.2, 0.25) is 6.79 Å². The van der Waals surface area contributed by atoms with Gasteiger partial charge in [0.1, 0.15) is 0 Å². The Morgan fingerprint density at radius 3 is 2.86 bits per heavy atom. The fourth-order valence-electron chi connectivity index (χ4n) is 2.27. The molecule has 112 valence electrons. The Morgan fingerprint density at radius 1 is 1.29 bits per heavy atom. The molecule has 0 fully saturated rings. The molecule has 0 bridgehead atoms. The minimum Gasteiger partial charge on any atom is -0.454 e. The summed E-state index contributed by atoms with van der Waals surface area (Å²) < 4.78 is 19.4. The molecule has 0 saturated carbocycles. The van der Waals surface area contributed by atoms with Crippen LogP contribution in [-0.4, -0.2) is 16.6 Å². The summed E-state index contributed by atoms with van der Waals surface area (Å²) in [6, 6.07) is 5.86. The Labute approximate surface area is 131 Å². The maximum absolute atomic E-state index is 5.80. The number of aromatic nitrogens is 2. The Bertz CT molecular complexity index is 655. The zero-order valence-electron chi connectivity index (χ0n) is 12.1. The molecule has 0 spiro atoms. The number of nitrogens with zero attached hydrogens (tertiary/aromatic N) is 2. The molecular weight excluding hydrogens is 336 g/mol. The van der Waals surface area contributed by atoms with Crippen LogP contribution >= 0.6 is 15.9 Å². The highest BCUT2D eigenvalue weighted by molar-refractivity contribution is 9.10. The minimum atomic E-state index is 0.293. The summed E-state index contributed by atoms with van der Waals surface area (Å²) in [6.07, 6.45) is 0.899. The molecule has 0 N–H and O–H groups in total. The Hall–Kier alpha value is -1.53. The van der Waals surface area contributed by atoms with Crippen LogP contribution in [0.4, 0.5) is 0 Å². The molecule has 0 atom stereocenters. The van der Waals surface area contributed by atoms with E-state index in [-0.39, 0.29) is 0 Å². The Morgan fingerprint density at radius 2 is 2.10 bits per heavy atom. The summed E-state index contributed by atoms with van der Waals surface area (Å²) in [5.74, 6) is 1.58. The van der Waals surface area contributed by atoms with E-state index in [0.717, 1.165) is 39.3 Å². The van der Waals surface area contributed by atoms with Crippen molar-refractivity contribution >= 4 is 15.9 Å². The van der Waals surface area contributed by atoms with Gasteiger partial charge in [-0.1, -0.05) is 13.0 Å². The molecule has 3 rings (SSSR count). The van der Waals surface area contributed by atoms with Crippen LogP contribution in [0.5, 0.6) is 11.5 Å². The van der Waals surface area contributed by atoms with Crippen LogP contribution in [0, 0.1) is 0 Å². The molecule has 21 heavy (non-hydrogen) atoms. The molecule has 1 aliphatic rings. The first-order valence-electron chi connectivity index (χ1n) is 6.85. The van der Waals surface area contributed by atoms with E-state index < -0.39 is 0 Å². The first-order valence-corrected chi connectivity index (χ1v) is 7.65. The van der Waals surface area contributed by atoms with E-state index >= 15 is 0 Å². The minimum absolute atomic E-state index is 0.293. The highest BCUT2D eigenvalue weighted by Gasteiger charge is 2.14. The fourth-order valence-corrected chi connectivity index (χ4v) is 3.00. The molecule has 0 saturated heterocycles. The van der Waals surface area contributed by atoms with Gasteiger partial charge in [0.15, 0.2) is 11.5 Å². The number of aryl methyl sites for hydroxylation is 2. The lowest BCUT2D eigenvalue weighted by Crippen LogP contribution is -2.02. The van der Waals surface area contributed by atoms with Crippen LogP contribution in [0.15, 0.2) is 22.7 Å². The number of fused-ring (bicyclic) bond motifs is 1. The third-order valence-corrected chi connectivity index (χ3v) is 4.36. The van der Waals surface area contributed by atoms with Crippen LogP contribution < -0.4 is 9.47 Å². The normalized spacial score (nSPS) is 12.9. The van der Waals surface area contributed by atoms with Gasteiger partial charge in [-0.25, -0.2) is 0 Å². The monoisotopic (exact) mass is 352 g/mol. The third-order valence-electron chi connectivity index (χ3n) is 3.45. The number of benzene rings is 1. The predicted octanol–water partition coefficient (Wildman–Crippen LogP) is 3.19. The van der Waals surface area contributed by atoms with Gasteiger partial charge in [-0.2, -0.15) is 5.10 Å². The molecular formula is C15H17BrN2O3. The van der Waals surface area contributed by atoms with E-state index in [2.05, 4.69) is 28.0 Å². The molecule has 6 heteroatoms. The highest BCUT2D eigenvalue weighted by Crippen LogP contribution is 2.32. The highest BCUT2D eigenvalue weighted by atomic mass is 79.9. The summed E-state index contributed by atoms with van der Waals surface area (Å²) in [6.45, 7) is 3.42. The van der Waals surface area contributed by atoms with Gasteiger partial charge in [0, 0.05) is 7.05 Å². The van der Waals surface area contributed by atoms with E-state index in [4.69, 9.17) is 14.2 Å². The molecule has 0 unspecified atom stereocenters. The van der Waals surface area contributed by atoms with E-state index in [1.165, 1.54) is 0 Å². The lowest BCUT2D eigenvalue weighted by Gasteiger charge is -2.06. The van der Waals surface area contributed by atoms with Crippen LogP contribution in [0.3, 0.4) is 0 Å². The maximum Gasteiger partial charge on any atom is 0.231 e. The van der Waals surface area contributed by atoms with Crippen molar-refractivity contribution in [3.8, 4) is 11.5 Å². The molecule has 1 aliphatic heterocycles. The largest absolute Gasteiger partial charge is 0.454 e. The quantitative estimate of drug-likeness (QED) is 0.828. The summed E-state index contributed by atoms with van der Waals surface area (Å²) >= 11 is 3.59. The topological polar surface area (TPSA) is 45.5 Å². The molecule has 2 heterocycles. The zero-order valence-corrected chi connectivity index (χ0v) is 13.6. The van der Waals surface area contributed by atoms with Crippen molar-refractivity contribution in [1.29, 1.82) is 0 Å². The van der Waals surface area contributed by atoms with Crippen molar-refractivity contribution < 1.29 is 14.2 Å². The van der Waals surface area contributed by atoms with Crippen LogP contribution in [0.2, 0.25) is 0 Å². The van der Waals surface area contributed by atoms with E-state index in [1.54, 1.807) is 0 Å². The van der Waals surface area contributed by atoms with Gasteiger partial charge in [-0.15, -0.1) is 0 Å². The number of rotatable bonds is 5. The first kappa shape index (κ1) is 14.4. The molecule has 1 aromatic carbocycles. The molecule has 2 aromatic rings. The average Bonchev–Trinajstić information content (AvgIpc) is 3.05. The van der Waals surface area contributed by atoms with Crippen molar-refractivity contribution in [1.82, 2.24) is 9.78 Å². The van der Waals surface area contributed by atoms with Gasteiger partial charge in [-0.05, 0) is 40.0 Å². The second-order valence-corrected chi connectivity index (χ2v) is 5.66. The van der Waals surface area contributed by atoms with Crippen molar-refractivity contribution in [3.05, 3.63) is 39.6 Å². The van der Waals surface area contributed by atoms with E-state index in [9.17, 15) is 0 Å². The van der Waals surface area contributed by atoms with Crippen molar-refractivity contribution in [3.63, 3.8) is 0 Å². The molecule has 0 amide bonds. The van der Waals surface area contributed by atoms with Crippen LogP contribution in [0.1, 0.15) is 23.9 Å². The maximum atomic E-state index is 5.80. The van der Waals surface area contributed by atoms with Gasteiger partial charge in [0.05, 0.1) is 29.1 Å². The van der Waals surface area contributed by atoms with Gasteiger partial charge < -0.3 is 14.2 Å². The molecule has 0 aliphatic carbocycles. The number of halogens is 1. The van der Waals surface area contributed by atoms with Crippen molar-refractivity contribution in [2.45, 2.75) is 26.6 Å². The van der Waals surface area contributed by atoms with Gasteiger partial charge >= 0.3 is 0 Å². The second-order valence-electron chi connectivity index (χ2n) is 4.86. The van der Waals surface area contributed by atoms with Crippen LogP contribution in [0.25, 0.3) is 0 Å². The second kappa shape index (κ2) is 6.07. The number of ether oxygens (including phenoxy) is 3.